The van der Waals surface area contributed by atoms with E-state index in [4.69, 9.17) is 21.7 Å². The van der Waals surface area contributed by atoms with E-state index in [-0.39, 0.29) is 6.61 Å². The van der Waals surface area contributed by atoms with Crippen molar-refractivity contribution in [3.05, 3.63) is 75.9 Å². The average Bonchev–Trinajstić information content (AvgIpc) is 2.68. The Morgan fingerprint density at radius 2 is 1.93 bits per heavy atom. The van der Waals surface area contributed by atoms with Crippen LogP contribution in [0.25, 0.3) is 0 Å². The quantitative estimate of drug-likeness (QED) is 0.392. The summed E-state index contributed by atoms with van der Waals surface area (Å²) in [6.45, 7) is 2.42. The zero-order valence-electron chi connectivity index (χ0n) is 15.6. The van der Waals surface area contributed by atoms with Gasteiger partial charge in [0.15, 0.2) is 5.11 Å². The maximum Gasteiger partial charge on any atom is 0.338 e. The standard InChI is InChI=1S/C21H21BrN2O3S/c1-14-18(20(25)27-12-11-26-2)19(15-7-6-8-16(22)13-15)23-21(28)24(14)17-9-4-3-5-10-17/h3-10,13,19H,11-12H2,1-2H3,(H,23,28). The second-order valence-corrected chi connectivity index (χ2v) is 7.54. The smallest absolute Gasteiger partial charge is 0.338 e. The number of nitrogens with one attached hydrogen (secondary N) is 1. The molecule has 0 spiro atoms. The molecule has 1 N–H and O–H groups in total. The molecule has 1 unspecified atom stereocenters. The van der Waals surface area contributed by atoms with E-state index in [9.17, 15) is 4.79 Å². The number of carbonyl (C=O) groups is 1. The number of para-hydroxylation sites is 1. The van der Waals surface area contributed by atoms with Crippen LogP contribution in [-0.2, 0) is 14.3 Å². The number of rotatable bonds is 6. The zero-order valence-corrected chi connectivity index (χ0v) is 18.0. The number of carbonyl (C=O) groups excluding carboxylic acids is 1. The molecule has 0 saturated heterocycles. The first-order valence-corrected chi connectivity index (χ1v) is 10.0. The Hall–Kier alpha value is -2.22. The molecule has 2 aromatic carbocycles. The number of esters is 1. The van der Waals surface area contributed by atoms with Crippen LogP contribution in [0.3, 0.4) is 0 Å². The van der Waals surface area contributed by atoms with Gasteiger partial charge in [-0.2, -0.15) is 0 Å². The highest BCUT2D eigenvalue weighted by Gasteiger charge is 2.35. The second-order valence-electron chi connectivity index (χ2n) is 6.24. The number of allylic oxidation sites excluding steroid dienone is 1. The highest BCUT2D eigenvalue weighted by molar-refractivity contribution is 9.10. The molecule has 1 aliphatic heterocycles. The summed E-state index contributed by atoms with van der Waals surface area (Å²) in [6.07, 6.45) is 0. The van der Waals surface area contributed by atoms with Gasteiger partial charge in [-0.05, 0) is 49.0 Å². The van der Waals surface area contributed by atoms with Crippen LogP contribution in [-0.4, -0.2) is 31.4 Å². The van der Waals surface area contributed by atoms with E-state index >= 15 is 0 Å². The molecule has 5 nitrogen and oxygen atoms in total. The van der Waals surface area contributed by atoms with Crippen LogP contribution in [0.1, 0.15) is 18.5 Å². The number of thiocarbonyl (C=S) groups is 1. The molecular formula is C21H21BrN2O3S. The van der Waals surface area contributed by atoms with Gasteiger partial charge < -0.3 is 14.8 Å². The van der Waals surface area contributed by atoms with Crippen LogP contribution in [0.5, 0.6) is 0 Å². The fourth-order valence-corrected chi connectivity index (χ4v) is 3.90. The van der Waals surface area contributed by atoms with Crippen LogP contribution in [0.4, 0.5) is 5.69 Å². The van der Waals surface area contributed by atoms with Crippen LogP contribution in [0.2, 0.25) is 0 Å². The lowest BCUT2D eigenvalue weighted by Crippen LogP contribution is -2.48. The predicted octanol–water partition coefficient (Wildman–Crippen LogP) is 4.35. The molecule has 7 heteroatoms. The second kappa shape index (κ2) is 9.32. The van der Waals surface area contributed by atoms with Crippen LogP contribution < -0.4 is 10.2 Å². The molecule has 0 radical (unpaired) electrons. The summed E-state index contributed by atoms with van der Waals surface area (Å²) in [6, 6.07) is 17.1. The van der Waals surface area contributed by atoms with Gasteiger partial charge in [-0.1, -0.05) is 46.3 Å². The third-order valence-corrected chi connectivity index (χ3v) is 5.22. The molecule has 146 valence electrons. The van der Waals surface area contributed by atoms with Gasteiger partial charge in [0.1, 0.15) is 6.61 Å². The average molecular weight is 461 g/mol. The minimum Gasteiger partial charge on any atom is -0.460 e. The number of nitrogens with zero attached hydrogens (tertiary/aromatic N) is 1. The molecule has 0 aromatic heterocycles. The van der Waals surface area contributed by atoms with Crippen LogP contribution >= 0.6 is 28.1 Å². The van der Waals surface area contributed by atoms with Crippen molar-refractivity contribution in [2.24, 2.45) is 0 Å². The first kappa shape index (κ1) is 20.5. The Balaban J connectivity index is 2.06. The molecule has 2 aromatic rings. The highest BCUT2D eigenvalue weighted by atomic mass is 79.9. The fourth-order valence-electron chi connectivity index (χ4n) is 3.13. The summed E-state index contributed by atoms with van der Waals surface area (Å²) in [7, 11) is 1.57. The van der Waals surface area contributed by atoms with Gasteiger partial charge in [0, 0.05) is 23.0 Å². The lowest BCUT2D eigenvalue weighted by Gasteiger charge is -2.37. The number of halogens is 1. The largest absolute Gasteiger partial charge is 0.460 e. The Morgan fingerprint density at radius 3 is 2.61 bits per heavy atom. The van der Waals surface area contributed by atoms with E-state index in [2.05, 4.69) is 21.2 Å². The molecule has 0 bridgehead atoms. The van der Waals surface area contributed by atoms with Crippen molar-refractivity contribution in [3.63, 3.8) is 0 Å². The summed E-state index contributed by atoms with van der Waals surface area (Å²) < 4.78 is 11.4. The molecule has 0 aliphatic carbocycles. The normalized spacial score (nSPS) is 16.8. The number of ether oxygens (including phenoxy) is 2. The van der Waals surface area contributed by atoms with Gasteiger partial charge in [0.2, 0.25) is 0 Å². The van der Waals surface area contributed by atoms with Crippen molar-refractivity contribution in [2.75, 3.05) is 25.2 Å². The van der Waals surface area contributed by atoms with Crippen LogP contribution in [0.15, 0.2) is 70.3 Å². The summed E-state index contributed by atoms with van der Waals surface area (Å²) in [5, 5.41) is 3.84. The Bertz CT molecular complexity index is 902. The number of hydrogen-bond donors (Lipinski definition) is 1. The minimum atomic E-state index is -0.403. The monoisotopic (exact) mass is 460 g/mol. The molecule has 28 heavy (non-hydrogen) atoms. The SMILES string of the molecule is COCCOC(=O)C1=C(C)N(c2ccccc2)C(=S)NC1c1cccc(Br)c1. The minimum absolute atomic E-state index is 0.188. The molecule has 1 aliphatic rings. The van der Waals surface area contributed by atoms with E-state index in [0.717, 1.165) is 21.4 Å². The van der Waals surface area contributed by atoms with Gasteiger partial charge in [-0.3, -0.25) is 4.90 Å². The molecule has 3 rings (SSSR count). The van der Waals surface area contributed by atoms with Gasteiger partial charge in [0.25, 0.3) is 0 Å². The van der Waals surface area contributed by atoms with Crippen molar-refractivity contribution in [1.29, 1.82) is 0 Å². The zero-order chi connectivity index (χ0) is 20.1. The van der Waals surface area contributed by atoms with Gasteiger partial charge in [-0.15, -0.1) is 0 Å². The summed E-state index contributed by atoms with van der Waals surface area (Å²) >= 11 is 9.13. The molecule has 0 fully saturated rings. The van der Waals surface area contributed by atoms with Gasteiger partial charge in [0.05, 0.1) is 18.2 Å². The van der Waals surface area contributed by atoms with Gasteiger partial charge >= 0.3 is 5.97 Å². The lowest BCUT2D eigenvalue weighted by atomic mass is 9.95. The van der Waals surface area contributed by atoms with Crippen molar-refractivity contribution in [1.82, 2.24) is 5.32 Å². The van der Waals surface area contributed by atoms with E-state index in [0.29, 0.717) is 17.3 Å². The van der Waals surface area contributed by atoms with E-state index in [1.807, 2.05) is 66.4 Å². The maximum atomic E-state index is 13.0. The Kier molecular flexibility index (Phi) is 6.83. The first-order valence-electron chi connectivity index (χ1n) is 8.81. The van der Waals surface area contributed by atoms with E-state index in [1.54, 1.807) is 7.11 Å². The predicted molar refractivity (Wildman–Crippen MR) is 117 cm³/mol. The van der Waals surface area contributed by atoms with Crippen molar-refractivity contribution in [2.45, 2.75) is 13.0 Å². The number of benzene rings is 2. The van der Waals surface area contributed by atoms with E-state index in [1.165, 1.54) is 0 Å². The number of anilines is 1. The molecule has 0 amide bonds. The molecular weight excluding hydrogens is 440 g/mol. The van der Waals surface area contributed by atoms with E-state index < -0.39 is 12.0 Å². The van der Waals surface area contributed by atoms with Gasteiger partial charge in [-0.25, -0.2) is 4.79 Å². The van der Waals surface area contributed by atoms with Crippen molar-refractivity contribution < 1.29 is 14.3 Å². The first-order chi connectivity index (χ1) is 13.5. The maximum absolute atomic E-state index is 13.0. The fraction of sp³-hybridized carbons (Fsp3) is 0.238. The highest BCUT2D eigenvalue weighted by Crippen LogP contribution is 2.34. The van der Waals surface area contributed by atoms with Crippen molar-refractivity contribution in [3.8, 4) is 0 Å². The van der Waals surface area contributed by atoms with Crippen molar-refractivity contribution >= 4 is 44.9 Å². The molecule has 1 atom stereocenters. The topological polar surface area (TPSA) is 50.8 Å². The molecule has 1 heterocycles. The molecule has 0 saturated carbocycles. The third kappa shape index (κ3) is 4.43. The lowest BCUT2D eigenvalue weighted by molar-refractivity contribution is -0.140. The number of hydrogen-bond acceptors (Lipinski definition) is 4. The summed E-state index contributed by atoms with van der Waals surface area (Å²) in [5.74, 6) is -0.393. The van der Waals surface area contributed by atoms with Crippen LogP contribution in [0, 0.1) is 0 Å². The third-order valence-electron chi connectivity index (χ3n) is 4.42. The Labute approximate surface area is 178 Å². The summed E-state index contributed by atoms with van der Waals surface area (Å²) in [4.78, 5) is 14.8. The Morgan fingerprint density at radius 1 is 1.18 bits per heavy atom. The summed E-state index contributed by atoms with van der Waals surface area (Å²) in [5.41, 5.74) is 3.06. The number of methoxy groups -OCH3 is 1.